The number of ether oxygens (including phenoxy) is 2. The van der Waals surface area contributed by atoms with Crippen molar-refractivity contribution >= 4 is 5.97 Å². The molecule has 0 unspecified atom stereocenters. The van der Waals surface area contributed by atoms with Crippen LogP contribution in [0.3, 0.4) is 0 Å². The van der Waals surface area contributed by atoms with Crippen LogP contribution in [0.4, 0.5) is 4.39 Å². The molecule has 2 aromatic rings. The number of hydrogen-bond donors (Lipinski definition) is 2. The lowest BCUT2D eigenvalue weighted by Gasteiger charge is -2.14. The first-order valence-corrected chi connectivity index (χ1v) is 8.66. The Morgan fingerprint density at radius 1 is 1.19 bits per heavy atom. The number of carboxylic acids is 1. The summed E-state index contributed by atoms with van der Waals surface area (Å²) in [5.41, 5.74) is 1.02. The Labute approximate surface area is 152 Å². The van der Waals surface area contributed by atoms with E-state index in [1.165, 1.54) is 12.1 Å². The van der Waals surface area contributed by atoms with Crippen molar-refractivity contribution in [3.63, 3.8) is 0 Å². The van der Waals surface area contributed by atoms with Gasteiger partial charge >= 0.3 is 5.97 Å². The average molecular weight is 361 g/mol. The van der Waals surface area contributed by atoms with Gasteiger partial charge in [-0.25, -0.2) is 9.18 Å². The molecule has 2 aromatic carbocycles. The maximum atomic E-state index is 12.8. The molecule has 0 aromatic heterocycles. The first-order valence-electron chi connectivity index (χ1n) is 8.66. The van der Waals surface area contributed by atoms with Gasteiger partial charge in [0.05, 0.1) is 6.61 Å². The molecule has 0 aliphatic rings. The molecule has 0 aliphatic carbocycles. The minimum absolute atomic E-state index is 0.279. The fourth-order valence-electron chi connectivity index (χ4n) is 2.35. The van der Waals surface area contributed by atoms with Crippen LogP contribution >= 0.6 is 0 Å². The van der Waals surface area contributed by atoms with Gasteiger partial charge in [0.15, 0.2) is 6.10 Å². The normalized spacial score (nSPS) is 11.8. The molecule has 6 heteroatoms. The van der Waals surface area contributed by atoms with E-state index in [9.17, 15) is 9.18 Å². The fraction of sp³-hybridized carbons (Fsp3) is 0.350. The van der Waals surface area contributed by atoms with Crippen molar-refractivity contribution in [3.05, 3.63) is 59.9 Å². The summed E-state index contributed by atoms with van der Waals surface area (Å²) in [5.74, 6) is -0.0330. The molecular weight excluding hydrogens is 337 g/mol. The fourth-order valence-corrected chi connectivity index (χ4v) is 2.35. The SMILES string of the molecule is CC[C@@H](Oc1cccc(CNCCCOc2ccc(F)cc2)c1)C(=O)O. The van der Waals surface area contributed by atoms with E-state index < -0.39 is 12.1 Å². The highest BCUT2D eigenvalue weighted by atomic mass is 19.1. The van der Waals surface area contributed by atoms with E-state index in [0.717, 1.165) is 18.5 Å². The molecule has 26 heavy (non-hydrogen) atoms. The summed E-state index contributed by atoms with van der Waals surface area (Å²) >= 11 is 0. The van der Waals surface area contributed by atoms with Crippen LogP contribution in [0.25, 0.3) is 0 Å². The van der Waals surface area contributed by atoms with Crippen LogP contribution in [-0.2, 0) is 11.3 Å². The average Bonchev–Trinajstić information content (AvgIpc) is 2.64. The van der Waals surface area contributed by atoms with Gasteiger partial charge in [-0.1, -0.05) is 19.1 Å². The Bertz CT molecular complexity index is 690. The third-order valence-corrected chi connectivity index (χ3v) is 3.73. The summed E-state index contributed by atoms with van der Waals surface area (Å²) in [6.07, 6.45) is 0.387. The molecule has 5 nitrogen and oxygen atoms in total. The number of halogens is 1. The molecule has 0 saturated heterocycles. The molecule has 0 bridgehead atoms. The second-order valence-electron chi connectivity index (χ2n) is 5.83. The van der Waals surface area contributed by atoms with Crippen LogP contribution in [-0.4, -0.2) is 30.3 Å². The predicted octanol–water partition coefficient (Wildman–Crippen LogP) is 3.63. The lowest BCUT2D eigenvalue weighted by atomic mass is 10.2. The van der Waals surface area contributed by atoms with Crippen molar-refractivity contribution in [1.29, 1.82) is 0 Å². The highest BCUT2D eigenvalue weighted by Crippen LogP contribution is 2.16. The topological polar surface area (TPSA) is 67.8 Å². The minimum Gasteiger partial charge on any atom is -0.494 e. The van der Waals surface area contributed by atoms with Gasteiger partial charge in [-0.15, -0.1) is 0 Å². The van der Waals surface area contributed by atoms with Crippen molar-refractivity contribution < 1.29 is 23.8 Å². The predicted molar refractivity (Wildman–Crippen MR) is 97.0 cm³/mol. The van der Waals surface area contributed by atoms with E-state index in [4.69, 9.17) is 14.6 Å². The Kier molecular flexibility index (Phi) is 7.89. The Hall–Kier alpha value is -2.60. The monoisotopic (exact) mass is 361 g/mol. The number of carboxylic acid groups (broad SMARTS) is 1. The van der Waals surface area contributed by atoms with Gasteiger partial charge in [-0.2, -0.15) is 0 Å². The van der Waals surface area contributed by atoms with Crippen LogP contribution in [0.2, 0.25) is 0 Å². The number of rotatable bonds is 11. The number of benzene rings is 2. The highest BCUT2D eigenvalue weighted by molar-refractivity contribution is 5.72. The zero-order valence-electron chi connectivity index (χ0n) is 14.8. The quantitative estimate of drug-likeness (QED) is 0.598. The van der Waals surface area contributed by atoms with Crippen molar-refractivity contribution in [2.45, 2.75) is 32.4 Å². The smallest absolute Gasteiger partial charge is 0.344 e. The minimum atomic E-state index is -0.961. The number of hydrogen-bond acceptors (Lipinski definition) is 4. The van der Waals surface area contributed by atoms with E-state index in [-0.39, 0.29) is 5.82 Å². The van der Waals surface area contributed by atoms with Crippen molar-refractivity contribution in [1.82, 2.24) is 5.32 Å². The van der Waals surface area contributed by atoms with Crippen LogP contribution in [0.15, 0.2) is 48.5 Å². The van der Waals surface area contributed by atoms with Crippen molar-refractivity contribution in [2.24, 2.45) is 0 Å². The van der Waals surface area contributed by atoms with E-state index in [0.29, 0.717) is 31.1 Å². The summed E-state index contributed by atoms with van der Waals surface area (Å²) < 4.78 is 23.8. The molecule has 0 aliphatic heterocycles. The van der Waals surface area contributed by atoms with Gasteiger partial charge in [0, 0.05) is 6.54 Å². The molecule has 0 fully saturated rings. The maximum Gasteiger partial charge on any atom is 0.344 e. The number of aliphatic carboxylic acids is 1. The third kappa shape index (κ3) is 6.72. The second-order valence-corrected chi connectivity index (χ2v) is 5.83. The summed E-state index contributed by atoms with van der Waals surface area (Å²) in [4.78, 5) is 11.0. The Balaban J connectivity index is 1.68. The van der Waals surface area contributed by atoms with Crippen LogP contribution in [0, 0.1) is 5.82 Å². The molecule has 0 saturated carbocycles. The largest absolute Gasteiger partial charge is 0.494 e. The molecule has 2 rings (SSSR count). The Morgan fingerprint density at radius 2 is 1.96 bits per heavy atom. The molecule has 0 radical (unpaired) electrons. The van der Waals surface area contributed by atoms with Gasteiger partial charge < -0.3 is 19.9 Å². The third-order valence-electron chi connectivity index (χ3n) is 3.73. The standard InChI is InChI=1S/C20H24FNO4/c1-2-19(20(23)24)26-18-6-3-5-15(13-18)14-22-11-4-12-25-17-9-7-16(21)8-10-17/h3,5-10,13,19,22H,2,4,11-12,14H2,1H3,(H,23,24)/t19-/m1/s1. The van der Waals surface area contributed by atoms with E-state index in [1.807, 2.05) is 18.2 Å². The molecule has 1 atom stereocenters. The van der Waals surface area contributed by atoms with E-state index in [2.05, 4.69) is 5.32 Å². The summed E-state index contributed by atoms with van der Waals surface area (Å²) in [7, 11) is 0. The lowest BCUT2D eigenvalue weighted by molar-refractivity contribution is -0.145. The van der Waals surface area contributed by atoms with E-state index >= 15 is 0 Å². The maximum absolute atomic E-state index is 12.8. The van der Waals surface area contributed by atoms with Crippen LogP contribution in [0.1, 0.15) is 25.3 Å². The molecule has 2 N–H and O–H groups in total. The van der Waals surface area contributed by atoms with Crippen molar-refractivity contribution in [3.8, 4) is 11.5 Å². The highest BCUT2D eigenvalue weighted by Gasteiger charge is 2.16. The second kappa shape index (κ2) is 10.4. The number of nitrogens with one attached hydrogen (secondary N) is 1. The first-order chi connectivity index (χ1) is 12.6. The Morgan fingerprint density at radius 3 is 2.65 bits per heavy atom. The summed E-state index contributed by atoms with van der Waals surface area (Å²) in [6, 6.07) is 13.4. The zero-order chi connectivity index (χ0) is 18.8. The molecule has 0 heterocycles. The van der Waals surface area contributed by atoms with Crippen molar-refractivity contribution in [2.75, 3.05) is 13.2 Å². The summed E-state index contributed by atoms with van der Waals surface area (Å²) in [6.45, 7) is 3.73. The van der Waals surface area contributed by atoms with Gasteiger partial charge in [0.1, 0.15) is 17.3 Å². The first kappa shape index (κ1) is 19.7. The molecule has 0 amide bonds. The van der Waals surface area contributed by atoms with Gasteiger partial charge in [0.25, 0.3) is 0 Å². The van der Waals surface area contributed by atoms with Gasteiger partial charge in [0.2, 0.25) is 0 Å². The number of carbonyl (C=O) groups is 1. The summed E-state index contributed by atoms with van der Waals surface area (Å²) in [5, 5.41) is 12.4. The molecule has 140 valence electrons. The van der Waals surface area contributed by atoms with Crippen LogP contribution < -0.4 is 14.8 Å². The van der Waals surface area contributed by atoms with Gasteiger partial charge in [-0.3, -0.25) is 0 Å². The van der Waals surface area contributed by atoms with E-state index in [1.54, 1.807) is 25.1 Å². The van der Waals surface area contributed by atoms with Crippen LogP contribution in [0.5, 0.6) is 11.5 Å². The lowest BCUT2D eigenvalue weighted by Crippen LogP contribution is -2.26. The zero-order valence-corrected chi connectivity index (χ0v) is 14.8. The molecule has 0 spiro atoms. The van der Waals surface area contributed by atoms with Gasteiger partial charge in [-0.05, 0) is 61.3 Å². The molecular formula is C20H24FNO4.